The number of nitrogen functional groups attached to an aromatic ring is 1. The van der Waals surface area contributed by atoms with Crippen molar-refractivity contribution in [2.75, 3.05) is 36.5 Å². The van der Waals surface area contributed by atoms with Crippen LogP contribution in [-0.2, 0) is 9.59 Å². The molecule has 7 nitrogen and oxygen atoms in total. The fourth-order valence-electron chi connectivity index (χ4n) is 4.37. The van der Waals surface area contributed by atoms with Crippen molar-refractivity contribution in [1.29, 1.82) is 0 Å². The van der Waals surface area contributed by atoms with Gasteiger partial charge in [0.25, 0.3) is 0 Å². The summed E-state index contributed by atoms with van der Waals surface area (Å²) in [5.41, 5.74) is 9.28. The Labute approximate surface area is 213 Å². The summed E-state index contributed by atoms with van der Waals surface area (Å²) in [5, 5.41) is 5.63. The van der Waals surface area contributed by atoms with Gasteiger partial charge in [0.05, 0.1) is 17.3 Å². The van der Waals surface area contributed by atoms with E-state index in [1.807, 2.05) is 31.3 Å². The Kier molecular flexibility index (Phi) is 8.15. The molecule has 0 radical (unpaired) electrons. The van der Waals surface area contributed by atoms with Gasteiger partial charge in [-0.1, -0.05) is 36.4 Å². The van der Waals surface area contributed by atoms with Crippen molar-refractivity contribution in [2.45, 2.75) is 12.5 Å². The number of hydrogen-bond acceptors (Lipinski definition) is 5. The van der Waals surface area contributed by atoms with Gasteiger partial charge in [-0.15, -0.1) is 0 Å². The zero-order valence-electron chi connectivity index (χ0n) is 20.2. The third-order valence-electron chi connectivity index (χ3n) is 6.20. The summed E-state index contributed by atoms with van der Waals surface area (Å²) in [6.07, 6.45) is 3.16. The number of rotatable bonds is 8. The minimum absolute atomic E-state index is 0.0196. The number of anilines is 3. The van der Waals surface area contributed by atoms with Crippen LogP contribution in [0.4, 0.5) is 25.8 Å². The smallest absolute Gasteiger partial charge is 0.387 e. The largest absolute Gasteiger partial charge is 0.435 e. The van der Waals surface area contributed by atoms with Gasteiger partial charge in [0, 0.05) is 30.8 Å². The molecule has 2 unspecified atom stereocenters. The topological polar surface area (TPSA) is 96.7 Å². The summed E-state index contributed by atoms with van der Waals surface area (Å²) in [5.74, 6) is -0.704. The molecule has 192 valence electrons. The van der Waals surface area contributed by atoms with E-state index in [2.05, 4.69) is 20.3 Å². The van der Waals surface area contributed by atoms with Gasteiger partial charge in [-0.25, -0.2) is 0 Å². The predicted molar refractivity (Wildman–Crippen MR) is 140 cm³/mol. The van der Waals surface area contributed by atoms with Gasteiger partial charge in [0.1, 0.15) is 5.75 Å². The van der Waals surface area contributed by atoms with Crippen LogP contribution in [0.3, 0.4) is 0 Å². The monoisotopic (exact) mass is 506 g/mol. The number of ether oxygens (including phenoxy) is 1. The van der Waals surface area contributed by atoms with Crippen LogP contribution in [-0.4, -0.2) is 43.5 Å². The van der Waals surface area contributed by atoms with Gasteiger partial charge in [0.15, 0.2) is 0 Å². The first-order chi connectivity index (χ1) is 17.8. The summed E-state index contributed by atoms with van der Waals surface area (Å²) in [6.45, 7) is -1.59. The van der Waals surface area contributed by atoms with Gasteiger partial charge in [-0.3, -0.25) is 9.59 Å². The van der Waals surface area contributed by atoms with Crippen LogP contribution in [0, 0.1) is 5.92 Å². The van der Waals surface area contributed by atoms with Crippen LogP contribution in [0.1, 0.15) is 17.0 Å². The number of hydrogen-bond donors (Lipinski definition) is 3. The molecular formula is C28H28F2N4O3. The van der Waals surface area contributed by atoms with E-state index in [9.17, 15) is 18.4 Å². The number of benzene rings is 3. The highest BCUT2D eigenvalue weighted by molar-refractivity contribution is 6.03. The molecule has 0 aromatic heterocycles. The van der Waals surface area contributed by atoms with Crippen LogP contribution in [0.2, 0.25) is 0 Å². The van der Waals surface area contributed by atoms with Gasteiger partial charge in [-0.05, 0) is 60.6 Å². The maximum Gasteiger partial charge on any atom is 0.387 e. The number of amides is 2. The number of alkyl halides is 2. The Hall–Kier alpha value is -4.24. The second kappa shape index (κ2) is 11.7. The first-order valence-corrected chi connectivity index (χ1v) is 11.8. The molecule has 0 aliphatic carbocycles. The van der Waals surface area contributed by atoms with Gasteiger partial charge in [0.2, 0.25) is 11.8 Å². The molecule has 4 rings (SSSR count). The molecule has 1 heterocycles. The van der Waals surface area contributed by atoms with E-state index in [0.717, 1.165) is 17.7 Å². The molecule has 3 aromatic rings. The lowest BCUT2D eigenvalue weighted by atomic mass is 9.88. The lowest BCUT2D eigenvalue weighted by Gasteiger charge is -2.19. The highest BCUT2D eigenvalue weighted by atomic mass is 19.3. The lowest BCUT2D eigenvalue weighted by Crippen LogP contribution is -2.28. The van der Waals surface area contributed by atoms with Crippen LogP contribution in [0.15, 0.2) is 78.9 Å². The third-order valence-corrected chi connectivity index (χ3v) is 6.20. The number of likely N-dealkylation sites (N-methyl/N-ethyl adjacent to an activating group) is 1. The maximum atomic E-state index is 13.1. The second-order valence-electron chi connectivity index (χ2n) is 8.90. The maximum absolute atomic E-state index is 13.1. The molecule has 4 N–H and O–H groups in total. The van der Waals surface area contributed by atoms with Crippen LogP contribution in [0.25, 0.3) is 6.08 Å². The summed E-state index contributed by atoms with van der Waals surface area (Å²) >= 11 is 0. The normalized spacial score (nSPS) is 17.7. The second-order valence-corrected chi connectivity index (χ2v) is 8.90. The number of nitrogens with one attached hydrogen (secondary N) is 2. The highest BCUT2D eigenvalue weighted by Crippen LogP contribution is 2.33. The summed E-state index contributed by atoms with van der Waals surface area (Å²) in [6, 6.07) is 20.6. The van der Waals surface area contributed by atoms with E-state index in [1.54, 1.807) is 30.3 Å². The molecule has 9 heteroatoms. The van der Waals surface area contributed by atoms with E-state index in [4.69, 9.17) is 5.73 Å². The van der Waals surface area contributed by atoms with Gasteiger partial charge in [-0.2, -0.15) is 8.78 Å². The van der Waals surface area contributed by atoms with Crippen LogP contribution >= 0.6 is 0 Å². The molecule has 1 fully saturated rings. The number of para-hydroxylation sites is 2. The average Bonchev–Trinajstić information content (AvgIpc) is 3.27. The predicted octanol–water partition coefficient (Wildman–Crippen LogP) is 4.81. The number of carbonyl (C=O) groups is 2. The molecule has 1 aliphatic rings. The fraction of sp³-hybridized carbons (Fsp3) is 0.214. The summed E-state index contributed by atoms with van der Waals surface area (Å²) in [7, 11) is 1.96. The van der Waals surface area contributed by atoms with Crippen molar-refractivity contribution in [1.82, 2.24) is 4.90 Å². The Morgan fingerprint density at radius 1 is 1.00 bits per heavy atom. The zero-order valence-corrected chi connectivity index (χ0v) is 20.2. The first kappa shape index (κ1) is 25.8. The van der Waals surface area contributed by atoms with Gasteiger partial charge < -0.3 is 26.0 Å². The Bertz CT molecular complexity index is 1260. The minimum atomic E-state index is -2.90. The molecule has 37 heavy (non-hydrogen) atoms. The fourth-order valence-corrected chi connectivity index (χ4v) is 4.37. The van der Waals surface area contributed by atoms with Crippen LogP contribution in [0.5, 0.6) is 5.75 Å². The van der Waals surface area contributed by atoms with Crippen molar-refractivity contribution in [3.63, 3.8) is 0 Å². The SMILES string of the molecule is CN1CC(C(=O)Nc2ccc(OC(F)F)cc2)C(c2ccc(C=CC(=O)Nc3ccccc3N)cc2)C1. The number of carbonyl (C=O) groups excluding carboxylic acids is 2. The molecule has 2 amide bonds. The molecule has 0 bridgehead atoms. The Balaban J connectivity index is 1.38. The zero-order chi connectivity index (χ0) is 26.4. The summed E-state index contributed by atoms with van der Waals surface area (Å²) in [4.78, 5) is 27.4. The molecule has 0 spiro atoms. The molecule has 1 aliphatic heterocycles. The average molecular weight is 507 g/mol. The molecule has 3 aromatic carbocycles. The number of nitrogens with two attached hydrogens (primary N) is 1. The van der Waals surface area contributed by atoms with E-state index in [-0.39, 0.29) is 29.4 Å². The van der Waals surface area contributed by atoms with E-state index in [1.165, 1.54) is 30.3 Å². The number of halogens is 2. The summed E-state index contributed by atoms with van der Waals surface area (Å²) < 4.78 is 29.1. The number of likely N-dealkylation sites (tertiary alicyclic amines) is 1. The molecule has 0 saturated carbocycles. The van der Waals surface area contributed by atoms with Crippen LogP contribution < -0.4 is 21.1 Å². The molecule has 2 atom stereocenters. The third kappa shape index (κ3) is 6.92. The first-order valence-electron chi connectivity index (χ1n) is 11.8. The molecular weight excluding hydrogens is 478 g/mol. The van der Waals surface area contributed by atoms with Gasteiger partial charge >= 0.3 is 6.61 Å². The minimum Gasteiger partial charge on any atom is -0.435 e. The van der Waals surface area contributed by atoms with E-state index < -0.39 is 6.61 Å². The molecule has 1 saturated heterocycles. The highest BCUT2D eigenvalue weighted by Gasteiger charge is 2.37. The van der Waals surface area contributed by atoms with Crippen molar-refractivity contribution in [2.24, 2.45) is 5.92 Å². The van der Waals surface area contributed by atoms with Crippen molar-refractivity contribution in [3.8, 4) is 5.75 Å². The van der Waals surface area contributed by atoms with Crippen molar-refractivity contribution in [3.05, 3.63) is 90.0 Å². The Morgan fingerprint density at radius 2 is 1.70 bits per heavy atom. The van der Waals surface area contributed by atoms with E-state index >= 15 is 0 Å². The van der Waals surface area contributed by atoms with Crippen molar-refractivity contribution < 1.29 is 23.1 Å². The number of nitrogens with zero attached hydrogens (tertiary/aromatic N) is 1. The lowest BCUT2D eigenvalue weighted by molar-refractivity contribution is -0.119. The standard InChI is InChI=1S/C28H28F2N4O3/c1-34-16-22(23(17-34)27(36)32-20-11-13-21(14-12-20)37-28(29)30)19-9-6-18(7-10-19)8-15-26(35)33-25-5-3-2-4-24(25)31/h2-15,22-23,28H,16-17,31H2,1H3,(H,32,36)(H,33,35). The van der Waals surface area contributed by atoms with E-state index in [0.29, 0.717) is 23.6 Å². The Morgan fingerprint density at radius 3 is 2.38 bits per heavy atom. The quantitative estimate of drug-likeness (QED) is 0.301. The van der Waals surface area contributed by atoms with Crippen molar-refractivity contribution >= 4 is 35.0 Å².